The predicted molar refractivity (Wildman–Crippen MR) is 185 cm³/mol. The first-order chi connectivity index (χ1) is 19.4. The zero-order chi connectivity index (χ0) is 31.2. The van der Waals surface area contributed by atoms with Gasteiger partial charge in [0.1, 0.15) is 0 Å². The zero-order valence-corrected chi connectivity index (χ0v) is 33.1. The van der Waals surface area contributed by atoms with Crippen molar-refractivity contribution < 1.29 is 49.0 Å². The fourth-order valence-corrected chi connectivity index (χ4v) is 6.78. The van der Waals surface area contributed by atoms with E-state index in [0.29, 0.717) is 11.3 Å². The van der Waals surface area contributed by atoms with Crippen molar-refractivity contribution in [3.05, 3.63) is 88.5 Å². The molecule has 0 aromatic heterocycles. The van der Waals surface area contributed by atoms with E-state index in [-0.39, 0.29) is 35.6 Å². The molecule has 0 nitrogen and oxygen atoms in total. The SMILES string of the molecule is CC1=CC(C)(C)c2cc3[cH-]c4cc5c(cc4c3cc21)C(C)=CC5(C)C.CCCCC1[C-]=CC(C(C)(C)C)=C1.C[C](C)=[Zr+2].[Cl-].[Cl-]. The Morgan fingerprint density at radius 1 is 0.841 bits per heavy atom. The van der Waals surface area contributed by atoms with Crippen molar-refractivity contribution in [2.24, 2.45) is 11.3 Å². The van der Waals surface area contributed by atoms with Gasteiger partial charge in [0.15, 0.2) is 0 Å². The van der Waals surface area contributed by atoms with Crippen LogP contribution in [0.2, 0.25) is 0 Å². The van der Waals surface area contributed by atoms with Gasteiger partial charge in [-0.1, -0.05) is 121 Å². The first-order valence-corrected chi connectivity index (χ1v) is 17.1. The van der Waals surface area contributed by atoms with Gasteiger partial charge in [0.25, 0.3) is 0 Å². The molecule has 0 bridgehead atoms. The summed E-state index contributed by atoms with van der Waals surface area (Å²) in [4.78, 5) is 0. The standard InChI is InChI=1S/C25H25.C13H21.C3H6.2ClH.Zr/c1-14-12-24(3,4)22-8-16-7-17-9-23-19(15(2)13-25(23,5)6)11-21(17)20(16)10-18(14)22;1-5-6-7-11-8-9-12(10-11)13(2,3)4;1-3-2;;;/h7-13H,1-6H3;9-11H,5-7H2,1-4H3;1-2H3;2*1H;/q2*-1;;;;+2/p-2. The molecule has 0 N–H and O–H groups in total. The second-order valence-corrected chi connectivity index (χ2v) is 17.6. The number of hydrogen-bond acceptors (Lipinski definition) is 0. The second-order valence-electron chi connectivity index (χ2n) is 15.1. The molecule has 236 valence electrons. The van der Waals surface area contributed by atoms with Crippen molar-refractivity contribution in [1.82, 2.24) is 0 Å². The summed E-state index contributed by atoms with van der Waals surface area (Å²) < 4.78 is 1.51. The zero-order valence-electron chi connectivity index (χ0n) is 29.2. The van der Waals surface area contributed by atoms with Gasteiger partial charge < -0.3 is 24.8 Å². The largest absolute Gasteiger partial charge is 1.00 e. The van der Waals surface area contributed by atoms with Gasteiger partial charge in [-0.15, -0.1) is 39.7 Å². The van der Waals surface area contributed by atoms with Crippen LogP contribution in [0.4, 0.5) is 0 Å². The third-order valence-electron chi connectivity index (χ3n) is 8.94. The average molecular weight is 707 g/mol. The van der Waals surface area contributed by atoms with Crippen LogP contribution in [-0.4, -0.2) is 3.21 Å². The molecule has 6 rings (SSSR count). The Morgan fingerprint density at radius 3 is 1.64 bits per heavy atom. The number of allylic oxidation sites excluding steroid dienone is 8. The van der Waals surface area contributed by atoms with Crippen LogP contribution in [0, 0.1) is 17.4 Å². The number of unbranched alkanes of at least 4 members (excludes halogenated alkanes) is 1. The predicted octanol–water partition coefficient (Wildman–Crippen LogP) is 5.99. The van der Waals surface area contributed by atoms with Crippen molar-refractivity contribution in [3.8, 4) is 0 Å². The molecule has 0 radical (unpaired) electrons. The van der Waals surface area contributed by atoms with Gasteiger partial charge in [-0.05, 0) is 36.1 Å². The molecule has 0 aliphatic heterocycles. The monoisotopic (exact) mass is 704 g/mol. The summed E-state index contributed by atoms with van der Waals surface area (Å²) in [7, 11) is 0. The van der Waals surface area contributed by atoms with Crippen LogP contribution in [0.3, 0.4) is 0 Å². The van der Waals surface area contributed by atoms with E-state index in [0.717, 1.165) is 0 Å². The summed E-state index contributed by atoms with van der Waals surface area (Å²) in [6, 6.07) is 12.1. The third-order valence-corrected chi connectivity index (χ3v) is 8.94. The number of fused-ring (bicyclic) bond motifs is 5. The topological polar surface area (TPSA) is 0 Å². The van der Waals surface area contributed by atoms with Gasteiger partial charge >= 0.3 is 41.3 Å². The Morgan fingerprint density at radius 2 is 1.27 bits per heavy atom. The molecule has 0 amide bonds. The Labute approximate surface area is 296 Å². The minimum Gasteiger partial charge on any atom is -1.00 e. The van der Waals surface area contributed by atoms with Crippen LogP contribution >= 0.6 is 0 Å². The minimum absolute atomic E-state index is 0. The van der Waals surface area contributed by atoms with Crippen molar-refractivity contribution in [2.45, 2.75) is 113 Å². The van der Waals surface area contributed by atoms with Gasteiger partial charge in [-0.2, -0.15) is 11.6 Å². The van der Waals surface area contributed by atoms with Crippen LogP contribution in [0.15, 0.2) is 60.2 Å². The molecule has 1 atom stereocenters. The smallest absolute Gasteiger partial charge is 1.00 e. The maximum Gasteiger partial charge on any atom is -1.00 e. The van der Waals surface area contributed by atoms with E-state index < -0.39 is 0 Å². The van der Waals surface area contributed by atoms with E-state index in [9.17, 15) is 0 Å². The molecule has 0 heterocycles. The normalized spacial score (nSPS) is 18.5. The van der Waals surface area contributed by atoms with Gasteiger partial charge in [-0.3, -0.25) is 6.08 Å². The van der Waals surface area contributed by atoms with Crippen LogP contribution in [0.25, 0.3) is 32.7 Å². The maximum atomic E-state index is 3.43. The molecule has 3 aromatic rings. The van der Waals surface area contributed by atoms with E-state index in [1.165, 1.54) is 83.0 Å². The van der Waals surface area contributed by atoms with Crippen molar-refractivity contribution in [1.29, 1.82) is 0 Å². The van der Waals surface area contributed by atoms with E-state index >= 15 is 0 Å². The summed E-state index contributed by atoms with van der Waals surface area (Å²) in [5.74, 6) is 0.592. The van der Waals surface area contributed by atoms with E-state index in [1.807, 2.05) is 0 Å². The summed E-state index contributed by atoms with van der Waals surface area (Å²) in [5, 5.41) is 5.57. The summed E-state index contributed by atoms with van der Waals surface area (Å²) in [5.41, 5.74) is 10.6. The molecule has 0 fully saturated rings. The minimum atomic E-state index is 0. The van der Waals surface area contributed by atoms with E-state index in [1.54, 1.807) is 24.2 Å². The van der Waals surface area contributed by atoms with Crippen LogP contribution in [0.5, 0.6) is 0 Å². The number of halogens is 2. The van der Waals surface area contributed by atoms with Crippen molar-refractivity contribution >= 4 is 35.9 Å². The Balaban J connectivity index is 0.000000303. The molecular formula is C41H52Cl2Zr-2. The van der Waals surface area contributed by atoms with Gasteiger partial charge in [0, 0.05) is 10.8 Å². The summed E-state index contributed by atoms with van der Waals surface area (Å²) in [6.45, 7) is 27.1. The quantitative estimate of drug-likeness (QED) is 0.294. The first-order valence-electron chi connectivity index (χ1n) is 15.9. The number of benzene rings is 2. The molecule has 3 aliphatic rings. The molecular weight excluding hydrogens is 655 g/mol. The number of hydrogen-bond donors (Lipinski definition) is 0. The van der Waals surface area contributed by atoms with Crippen LogP contribution < -0.4 is 24.8 Å². The molecule has 3 aliphatic carbocycles. The third kappa shape index (κ3) is 8.30. The molecule has 0 saturated carbocycles. The van der Waals surface area contributed by atoms with Crippen molar-refractivity contribution in [3.63, 3.8) is 0 Å². The van der Waals surface area contributed by atoms with Gasteiger partial charge in [0.2, 0.25) is 0 Å². The van der Waals surface area contributed by atoms with Crippen LogP contribution in [-0.2, 0) is 35.1 Å². The Hall–Kier alpha value is -1.40. The van der Waals surface area contributed by atoms with E-state index in [2.05, 4.69) is 144 Å². The van der Waals surface area contributed by atoms with Gasteiger partial charge in [-0.25, -0.2) is 6.08 Å². The fourth-order valence-electron chi connectivity index (χ4n) is 6.78. The maximum absolute atomic E-state index is 3.43. The number of rotatable bonds is 3. The molecule has 3 aromatic carbocycles. The Kier molecular flexibility index (Phi) is 12.8. The molecule has 0 saturated heterocycles. The van der Waals surface area contributed by atoms with Crippen molar-refractivity contribution in [2.75, 3.05) is 0 Å². The molecule has 0 spiro atoms. The molecule has 3 heteroatoms. The first kappa shape index (κ1) is 38.8. The van der Waals surface area contributed by atoms with Gasteiger partial charge in [0.05, 0.1) is 0 Å². The summed E-state index contributed by atoms with van der Waals surface area (Å²) >= 11 is 1.55. The second kappa shape index (κ2) is 14.6. The van der Waals surface area contributed by atoms with E-state index in [4.69, 9.17) is 0 Å². The Bertz CT molecular complexity index is 1550. The fraction of sp³-hybridized carbons (Fsp3) is 0.463. The van der Waals surface area contributed by atoms with Crippen LogP contribution in [0.1, 0.15) is 125 Å². The average Bonchev–Trinajstić information content (AvgIpc) is 3.59. The molecule has 44 heavy (non-hydrogen) atoms. The summed E-state index contributed by atoms with van der Waals surface area (Å²) in [6.07, 6.45) is 16.7. The molecule has 1 unspecified atom stereocenters.